The highest BCUT2D eigenvalue weighted by Gasteiger charge is 2.37. The molecule has 0 atom stereocenters. The van der Waals surface area contributed by atoms with Crippen LogP contribution in [0.5, 0.6) is 0 Å². The summed E-state index contributed by atoms with van der Waals surface area (Å²) in [4.78, 5) is 0. The number of aliphatic hydroxyl groups is 2. The zero-order valence-electron chi connectivity index (χ0n) is 10.0. The molecule has 0 aromatic rings. The van der Waals surface area contributed by atoms with Crippen molar-refractivity contribution in [2.45, 2.75) is 58.3 Å². The molecular weight excluding hydrogens is 188 g/mol. The summed E-state index contributed by atoms with van der Waals surface area (Å²) >= 11 is 0. The maximum Gasteiger partial charge on any atom is 0.0512 e. The van der Waals surface area contributed by atoms with Crippen molar-refractivity contribution in [3.8, 4) is 0 Å². The minimum absolute atomic E-state index is 0.161. The predicted molar refractivity (Wildman–Crippen MR) is 62.7 cm³/mol. The fraction of sp³-hybridized carbons (Fsp3) is 1.00. The van der Waals surface area contributed by atoms with Crippen molar-refractivity contribution in [2.24, 2.45) is 11.3 Å². The molecule has 0 unspecified atom stereocenters. The Kier molecular flexibility index (Phi) is 5.62. The molecule has 2 heteroatoms. The predicted octanol–water partition coefficient (Wildman–Crippen LogP) is 2.73. The van der Waals surface area contributed by atoms with Gasteiger partial charge >= 0.3 is 0 Å². The van der Waals surface area contributed by atoms with Gasteiger partial charge in [-0.3, -0.25) is 0 Å². The Morgan fingerprint density at radius 1 is 1.07 bits per heavy atom. The van der Waals surface area contributed by atoms with Crippen LogP contribution < -0.4 is 0 Å². The molecule has 0 bridgehead atoms. The Morgan fingerprint density at radius 3 is 2.13 bits per heavy atom. The second kappa shape index (κ2) is 6.49. The van der Waals surface area contributed by atoms with E-state index in [4.69, 9.17) is 0 Å². The molecule has 90 valence electrons. The van der Waals surface area contributed by atoms with Gasteiger partial charge in [-0.1, -0.05) is 39.0 Å². The van der Waals surface area contributed by atoms with E-state index in [2.05, 4.69) is 6.92 Å². The first-order chi connectivity index (χ1) is 7.29. The largest absolute Gasteiger partial charge is 0.396 e. The molecule has 0 spiro atoms. The second-order valence-electron chi connectivity index (χ2n) is 5.12. The molecule has 0 aliphatic heterocycles. The number of unbranched alkanes of at least 4 members (excludes halogenated alkanes) is 1. The van der Waals surface area contributed by atoms with Crippen molar-refractivity contribution in [1.82, 2.24) is 0 Å². The summed E-state index contributed by atoms with van der Waals surface area (Å²) in [6, 6.07) is 0. The van der Waals surface area contributed by atoms with Crippen LogP contribution in [0.1, 0.15) is 58.3 Å². The van der Waals surface area contributed by atoms with E-state index in [0.29, 0.717) is 5.92 Å². The van der Waals surface area contributed by atoms with Crippen LogP contribution >= 0.6 is 0 Å². The van der Waals surface area contributed by atoms with Gasteiger partial charge in [0.1, 0.15) is 0 Å². The van der Waals surface area contributed by atoms with Crippen LogP contribution in [-0.2, 0) is 0 Å². The van der Waals surface area contributed by atoms with E-state index in [-0.39, 0.29) is 18.6 Å². The Morgan fingerprint density at radius 2 is 1.67 bits per heavy atom. The van der Waals surface area contributed by atoms with Crippen LogP contribution in [0.4, 0.5) is 0 Å². The Labute approximate surface area is 93.7 Å². The lowest BCUT2D eigenvalue weighted by Gasteiger charge is -2.40. The van der Waals surface area contributed by atoms with E-state index in [1.54, 1.807) is 0 Å². The molecule has 0 aromatic heterocycles. The maximum absolute atomic E-state index is 9.60. The first kappa shape index (κ1) is 13.0. The fourth-order valence-corrected chi connectivity index (χ4v) is 2.91. The molecule has 0 radical (unpaired) electrons. The normalized spacial score (nSPS) is 19.4. The van der Waals surface area contributed by atoms with E-state index in [1.165, 1.54) is 32.1 Å². The SMILES string of the molecule is CCCCC(CO)(CO)C1CCCCC1. The molecule has 0 amide bonds. The molecule has 1 fully saturated rings. The fourth-order valence-electron chi connectivity index (χ4n) is 2.91. The van der Waals surface area contributed by atoms with E-state index in [9.17, 15) is 10.2 Å². The van der Waals surface area contributed by atoms with Gasteiger partial charge in [-0.2, -0.15) is 0 Å². The van der Waals surface area contributed by atoms with Crippen LogP contribution in [0, 0.1) is 11.3 Å². The Hall–Kier alpha value is -0.0800. The third-order valence-electron chi connectivity index (χ3n) is 4.13. The molecule has 2 nitrogen and oxygen atoms in total. The topological polar surface area (TPSA) is 40.5 Å². The highest BCUT2D eigenvalue weighted by atomic mass is 16.3. The van der Waals surface area contributed by atoms with Gasteiger partial charge in [0.25, 0.3) is 0 Å². The van der Waals surface area contributed by atoms with E-state index < -0.39 is 0 Å². The Bertz CT molecular complexity index is 158. The third kappa shape index (κ3) is 3.18. The zero-order chi connectivity index (χ0) is 11.1. The first-order valence-electron chi connectivity index (χ1n) is 6.51. The molecule has 1 aliphatic carbocycles. The minimum atomic E-state index is -0.184. The van der Waals surface area contributed by atoms with Crippen molar-refractivity contribution >= 4 is 0 Å². The minimum Gasteiger partial charge on any atom is -0.396 e. The third-order valence-corrected chi connectivity index (χ3v) is 4.13. The Balaban J connectivity index is 2.59. The van der Waals surface area contributed by atoms with Gasteiger partial charge in [0.05, 0.1) is 13.2 Å². The lowest BCUT2D eigenvalue weighted by molar-refractivity contribution is -0.0187. The molecule has 2 N–H and O–H groups in total. The molecule has 0 saturated heterocycles. The average molecular weight is 214 g/mol. The monoisotopic (exact) mass is 214 g/mol. The highest BCUT2D eigenvalue weighted by molar-refractivity contribution is 4.87. The molecule has 0 heterocycles. The smallest absolute Gasteiger partial charge is 0.0512 e. The number of aliphatic hydroxyl groups excluding tert-OH is 2. The summed E-state index contributed by atoms with van der Waals surface area (Å²) in [7, 11) is 0. The quantitative estimate of drug-likeness (QED) is 0.713. The van der Waals surface area contributed by atoms with Gasteiger partial charge < -0.3 is 10.2 Å². The van der Waals surface area contributed by atoms with Gasteiger partial charge in [-0.15, -0.1) is 0 Å². The van der Waals surface area contributed by atoms with Crippen LogP contribution in [-0.4, -0.2) is 23.4 Å². The summed E-state index contributed by atoms with van der Waals surface area (Å²) in [6.45, 7) is 2.49. The van der Waals surface area contributed by atoms with Crippen LogP contribution in [0.15, 0.2) is 0 Å². The average Bonchev–Trinajstić information content (AvgIpc) is 2.33. The molecule has 0 aromatic carbocycles. The highest BCUT2D eigenvalue weighted by Crippen LogP contribution is 2.41. The van der Waals surface area contributed by atoms with Crippen LogP contribution in [0.2, 0.25) is 0 Å². The first-order valence-corrected chi connectivity index (χ1v) is 6.51. The lowest BCUT2D eigenvalue weighted by atomic mass is 9.67. The molecule has 15 heavy (non-hydrogen) atoms. The maximum atomic E-state index is 9.60. The van der Waals surface area contributed by atoms with E-state index in [1.807, 2.05) is 0 Å². The molecule has 1 rings (SSSR count). The van der Waals surface area contributed by atoms with E-state index in [0.717, 1.165) is 19.3 Å². The lowest BCUT2D eigenvalue weighted by Crippen LogP contribution is -2.39. The molecular formula is C13H26O2. The summed E-state index contributed by atoms with van der Waals surface area (Å²) in [5.74, 6) is 0.549. The summed E-state index contributed by atoms with van der Waals surface area (Å²) in [6.07, 6.45) is 9.54. The van der Waals surface area contributed by atoms with Gasteiger partial charge in [0.15, 0.2) is 0 Å². The number of hydrogen-bond donors (Lipinski definition) is 2. The van der Waals surface area contributed by atoms with E-state index >= 15 is 0 Å². The van der Waals surface area contributed by atoms with Crippen molar-refractivity contribution in [3.63, 3.8) is 0 Å². The van der Waals surface area contributed by atoms with Gasteiger partial charge in [0, 0.05) is 5.41 Å². The zero-order valence-corrected chi connectivity index (χ0v) is 10.0. The van der Waals surface area contributed by atoms with Crippen LogP contribution in [0.3, 0.4) is 0 Å². The van der Waals surface area contributed by atoms with Gasteiger partial charge in [-0.05, 0) is 25.2 Å². The van der Waals surface area contributed by atoms with Gasteiger partial charge in [0.2, 0.25) is 0 Å². The van der Waals surface area contributed by atoms with Crippen molar-refractivity contribution in [2.75, 3.05) is 13.2 Å². The summed E-state index contributed by atoms with van der Waals surface area (Å²) in [5, 5.41) is 19.2. The van der Waals surface area contributed by atoms with Gasteiger partial charge in [-0.25, -0.2) is 0 Å². The summed E-state index contributed by atoms with van der Waals surface area (Å²) < 4.78 is 0. The standard InChI is InChI=1S/C13H26O2/c1-2-3-9-13(10-14,11-15)12-7-5-4-6-8-12/h12,14-15H,2-11H2,1H3. The number of rotatable bonds is 6. The van der Waals surface area contributed by atoms with Crippen molar-refractivity contribution < 1.29 is 10.2 Å². The van der Waals surface area contributed by atoms with Crippen LogP contribution in [0.25, 0.3) is 0 Å². The van der Waals surface area contributed by atoms with Crippen molar-refractivity contribution in [1.29, 1.82) is 0 Å². The summed E-state index contributed by atoms with van der Waals surface area (Å²) in [5.41, 5.74) is -0.184. The second-order valence-corrected chi connectivity index (χ2v) is 5.12. The number of hydrogen-bond acceptors (Lipinski definition) is 2. The van der Waals surface area contributed by atoms with Crippen molar-refractivity contribution in [3.05, 3.63) is 0 Å². The molecule has 1 aliphatic rings. The molecule has 1 saturated carbocycles.